The summed E-state index contributed by atoms with van der Waals surface area (Å²) in [5, 5.41) is 10.2. The molecule has 1 aromatic heterocycles. The average Bonchev–Trinajstić information content (AvgIpc) is 3.26. The van der Waals surface area contributed by atoms with E-state index < -0.39 is 23.1 Å². The Balaban J connectivity index is 1.53. The highest BCUT2D eigenvalue weighted by atomic mass is 19.3. The number of nitrogens with zero attached hydrogens (tertiary/aromatic N) is 1. The van der Waals surface area contributed by atoms with E-state index in [1.807, 2.05) is 19.2 Å². The molecule has 1 spiro atoms. The maximum absolute atomic E-state index is 14.5. The molecule has 5 rings (SSSR count). The van der Waals surface area contributed by atoms with E-state index in [-0.39, 0.29) is 24.4 Å². The summed E-state index contributed by atoms with van der Waals surface area (Å²) in [7, 11) is 0. The summed E-state index contributed by atoms with van der Waals surface area (Å²) in [6.45, 7) is 6.49. The topological polar surface area (TPSA) is 56.3 Å². The van der Waals surface area contributed by atoms with Gasteiger partial charge >= 0.3 is 5.97 Å². The minimum atomic E-state index is -2.62. The van der Waals surface area contributed by atoms with Gasteiger partial charge in [-0.2, -0.15) is 0 Å². The lowest BCUT2D eigenvalue weighted by molar-refractivity contribution is -0.186. The summed E-state index contributed by atoms with van der Waals surface area (Å²) in [5.74, 6) is -4.13. The van der Waals surface area contributed by atoms with Crippen LogP contribution >= 0.6 is 0 Å². The van der Waals surface area contributed by atoms with Crippen LogP contribution in [0.15, 0.2) is 49.2 Å². The van der Waals surface area contributed by atoms with Crippen molar-refractivity contribution in [1.29, 1.82) is 0 Å². The third-order valence-electron chi connectivity index (χ3n) is 7.61. The van der Waals surface area contributed by atoms with E-state index >= 15 is 0 Å². The molecule has 178 valence electrons. The van der Waals surface area contributed by atoms with E-state index in [2.05, 4.69) is 16.5 Å². The largest absolute Gasteiger partial charge is 0.478 e. The number of aryl methyl sites for hydroxylation is 1. The smallest absolute Gasteiger partial charge is 0.335 e. The Kier molecular flexibility index (Phi) is 5.35. The summed E-state index contributed by atoms with van der Waals surface area (Å²) in [6, 6.07) is 10.2. The molecular weight excluding hydrogens is 441 g/mol. The third kappa shape index (κ3) is 3.92. The molecule has 1 saturated heterocycles. The number of rotatable bonds is 5. The summed E-state index contributed by atoms with van der Waals surface area (Å²) >= 11 is 0. The van der Waals surface area contributed by atoms with Gasteiger partial charge in [0.15, 0.2) is 0 Å². The van der Waals surface area contributed by atoms with E-state index in [1.165, 1.54) is 0 Å². The van der Waals surface area contributed by atoms with Crippen LogP contribution < -0.4 is 0 Å². The van der Waals surface area contributed by atoms with Crippen molar-refractivity contribution in [3.63, 3.8) is 0 Å². The van der Waals surface area contributed by atoms with Gasteiger partial charge in [0.05, 0.1) is 5.56 Å². The Morgan fingerprint density at radius 1 is 1.24 bits per heavy atom. The third-order valence-corrected chi connectivity index (χ3v) is 7.61. The quantitative estimate of drug-likeness (QED) is 0.430. The summed E-state index contributed by atoms with van der Waals surface area (Å²) in [4.78, 5) is 16.7. The maximum Gasteiger partial charge on any atom is 0.335 e. The number of aromatic amines is 1. The van der Waals surface area contributed by atoms with Gasteiger partial charge in [-0.15, -0.1) is 0 Å². The first kappa shape index (κ1) is 22.7. The molecule has 0 amide bonds. The highest BCUT2D eigenvalue weighted by Gasteiger charge is 2.58. The number of aromatic carboxylic acids is 1. The van der Waals surface area contributed by atoms with Crippen molar-refractivity contribution in [1.82, 2.24) is 9.88 Å². The number of aromatic nitrogens is 1. The van der Waals surface area contributed by atoms with Crippen LogP contribution in [0.3, 0.4) is 0 Å². The number of hydrogen-bond donors (Lipinski definition) is 2. The molecule has 34 heavy (non-hydrogen) atoms. The van der Waals surface area contributed by atoms with Crippen LogP contribution in [0, 0.1) is 12.3 Å². The van der Waals surface area contributed by atoms with Gasteiger partial charge in [0.25, 0.3) is 0 Å². The molecule has 1 saturated carbocycles. The number of piperidine rings is 1. The fourth-order valence-corrected chi connectivity index (χ4v) is 5.99. The first-order valence-electron chi connectivity index (χ1n) is 11.5. The van der Waals surface area contributed by atoms with Crippen LogP contribution in [0.25, 0.3) is 16.7 Å². The molecule has 2 heterocycles. The minimum Gasteiger partial charge on any atom is -0.478 e. The number of fused-ring (bicyclic) bond motifs is 1. The lowest BCUT2D eigenvalue weighted by Crippen LogP contribution is -2.53. The number of benzene rings is 2. The molecule has 0 radical (unpaired) electrons. The molecule has 2 aliphatic rings. The predicted octanol–water partition coefficient (Wildman–Crippen LogP) is 6.87. The average molecular weight is 469 g/mol. The monoisotopic (exact) mass is 468 g/mol. The van der Waals surface area contributed by atoms with Crippen LogP contribution in [0.4, 0.5) is 13.2 Å². The Morgan fingerprint density at radius 3 is 2.56 bits per heavy atom. The van der Waals surface area contributed by atoms with Crippen molar-refractivity contribution in [2.75, 3.05) is 6.54 Å². The molecule has 2 fully saturated rings. The Bertz CT molecular complexity index is 1270. The standard InChI is InChI=1S/C27H27F3N2O2/c1-16-11-21(17(2)28)22(20-7-9-31-24(16)20)13-32-10-8-26(14-27(29,30)15-26)12-23(32)18-3-5-19(6-4-18)25(33)34/h3-7,9,11,23,31H,2,8,10,12-15H2,1H3,(H,33,34)/t23-/m0/s1. The van der Waals surface area contributed by atoms with E-state index in [4.69, 9.17) is 0 Å². The van der Waals surface area contributed by atoms with Crippen molar-refractivity contribution in [2.24, 2.45) is 5.41 Å². The fraction of sp³-hybridized carbons (Fsp3) is 0.370. The van der Waals surface area contributed by atoms with E-state index in [1.54, 1.807) is 30.3 Å². The van der Waals surface area contributed by atoms with Crippen molar-refractivity contribution in [3.05, 3.63) is 77.0 Å². The van der Waals surface area contributed by atoms with E-state index in [0.717, 1.165) is 27.6 Å². The maximum atomic E-state index is 14.5. The lowest BCUT2D eigenvalue weighted by atomic mass is 9.59. The zero-order valence-electron chi connectivity index (χ0n) is 19.0. The Labute approximate surface area is 196 Å². The van der Waals surface area contributed by atoms with Gasteiger partial charge in [-0.1, -0.05) is 18.7 Å². The number of carboxylic acids is 1. The summed E-state index contributed by atoms with van der Waals surface area (Å²) in [6.07, 6.45) is 2.81. The second-order valence-corrected chi connectivity index (χ2v) is 9.97. The molecular formula is C27H27F3N2O2. The van der Waals surface area contributed by atoms with Crippen molar-refractivity contribution >= 4 is 22.7 Å². The SMILES string of the molecule is C=C(F)c1cc(C)c2[nH]ccc2c1CN1CCC2(C[C@H]1c1ccc(C(=O)O)cc1)CC(F)(F)C2. The van der Waals surface area contributed by atoms with Crippen LogP contribution in [-0.2, 0) is 6.54 Å². The molecule has 1 atom stereocenters. The summed E-state index contributed by atoms with van der Waals surface area (Å²) in [5.41, 5.74) is 3.79. The second kappa shape index (κ2) is 8.01. The predicted molar refractivity (Wildman–Crippen MR) is 126 cm³/mol. The zero-order valence-corrected chi connectivity index (χ0v) is 19.0. The lowest BCUT2D eigenvalue weighted by Gasteiger charge is -2.54. The normalized spacial score (nSPS) is 21.5. The molecule has 1 aliphatic carbocycles. The van der Waals surface area contributed by atoms with Gasteiger partial charge in [-0.05, 0) is 72.7 Å². The Morgan fingerprint density at radius 2 is 1.94 bits per heavy atom. The first-order chi connectivity index (χ1) is 16.1. The number of nitrogens with one attached hydrogen (secondary N) is 1. The van der Waals surface area contributed by atoms with Gasteiger partial charge in [-0.25, -0.2) is 18.0 Å². The second-order valence-electron chi connectivity index (χ2n) is 9.97. The molecule has 4 nitrogen and oxygen atoms in total. The van der Waals surface area contributed by atoms with Crippen LogP contribution in [0.2, 0.25) is 0 Å². The first-order valence-corrected chi connectivity index (χ1v) is 11.5. The van der Waals surface area contributed by atoms with Gasteiger partial charge in [0, 0.05) is 48.1 Å². The number of alkyl halides is 2. The van der Waals surface area contributed by atoms with E-state index in [9.17, 15) is 23.1 Å². The van der Waals surface area contributed by atoms with E-state index in [0.29, 0.717) is 31.5 Å². The van der Waals surface area contributed by atoms with Crippen molar-refractivity contribution in [2.45, 2.75) is 51.1 Å². The molecule has 2 aromatic carbocycles. The van der Waals surface area contributed by atoms with Gasteiger partial charge in [-0.3, -0.25) is 4.90 Å². The molecule has 0 bridgehead atoms. The van der Waals surface area contributed by atoms with Crippen molar-refractivity contribution in [3.8, 4) is 0 Å². The highest BCUT2D eigenvalue weighted by Crippen LogP contribution is 2.60. The number of likely N-dealkylation sites (tertiary alicyclic amines) is 1. The van der Waals surface area contributed by atoms with Gasteiger partial charge in [0.1, 0.15) is 5.83 Å². The minimum absolute atomic E-state index is 0.114. The molecule has 3 aromatic rings. The zero-order chi connectivity index (χ0) is 24.3. The number of H-pyrrole nitrogens is 1. The van der Waals surface area contributed by atoms with Gasteiger partial charge < -0.3 is 10.1 Å². The number of carboxylic acid groups (broad SMARTS) is 1. The van der Waals surface area contributed by atoms with Crippen LogP contribution in [0.5, 0.6) is 0 Å². The highest BCUT2D eigenvalue weighted by molar-refractivity contribution is 5.90. The number of carbonyl (C=O) groups is 1. The number of hydrogen-bond acceptors (Lipinski definition) is 2. The summed E-state index contributed by atoms with van der Waals surface area (Å²) < 4.78 is 42.2. The molecule has 7 heteroatoms. The molecule has 1 aliphatic heterocycles. The fourth-order valence-electron chi connectivity index (χ4n) is 5.99. The van der Waals surface area contributed by atoms with Crippen LogP contribution in [0.1, 0.15) is 64.3 Å². The molecule has 0 unspecified atom stereocenters. The van der Waals surface area contributed by atoms with Gasteiger partial charge in [0.2, 0.25) is 5.92 Å². The molecule has 2 N–H and O–H groups in total. The van der Waals surface area contributed by atoms with Crippen LogP contribution in [-0.4, -0.2) is 33.4 Å². The van der Waals surface area contributed by atoms with Crippen molar-refractivity contribution < 1.29 is 23.1 Å². The number of halogens is 3. The Hall–Kier alpha value is -3.06.